The van der Waals surface area contributed by atoms with E-state index in [4.69, 9.17) is 42.1 Å². The lowest BCUT2D eigenvalue weighted by molar-refractivity contribution is -0.122. The highest BCUT2D eigenvalue weighted by molar-refractivity contribution is 6.39. The molecule has 0 unspecified atom stereocenters. The van der Waals surface area contributed by atoms with Gasteiger partial charge in [-0.3, -0.25) is 19.7 Å². The zero-order valence-electron chi connectivity index (χ0n) is 24.1. The van der Waals surface area contributed by atoms with Crippen molar-refractivity contribution in [3.63, 3.8) is 0 Å². The van der Waals surface area contributed by atoms with Crippen LogP contribution in [0.5, 0.6) is 23.0 Å². The highest BCUT2D eigenvalue weighted by atomic mass is 35.5. The number of carbonyl (C=O) groups excluding carboxylic acids is 4. The van der Waals surface area contributed by atoms with E-state index in [1.807, 2.05) is 6.92 Å². The van der Waals surface area contributed by atoms with Gasteiger partial charge in [0.15, 0.2) is 29.6 Å². The summed E-state index contributed by atoms with van der Waals surface area (Å²) < 4.78 is 22.4. The summed E-state index contributed by atoms with van der Waals surface area (Å²) in [5.41, 5.74) is 0.675. The summed E-state index contributed by atoms with van der Waals surface area (Å²) in [5.74, 6) is -1.19. The van der Waals surface area contributed by atoms with Crippen LogP contribution in [0.15, 0.2) is 60.2 Å². The van der Waals surface area contributed by atoms with Crippen molar-refractivity contribution >= 4 is 64.4 Å². The van der Waals surface area contributed by atoms with Gasteiger partial charge in [0.05, 0.1) is 31.0 Å². The van der Waals surface area contributed by atoms with Crippen molar-refractivity contribution in [2.45, 2.75) is 20.3 Å². The van der Waals surface area contributed by atoms with Crippen molar-refractivity contribution in [2.24, 2.45) is 0 Å². The Hall–Kier alpha value is -4.74. The first-order valence-corrected chi connectivity index (χ1v) is 14.3. The Kier molecular flexibility index (Phi) is 10.7. The standard InChI is InChI=1S/C31H29Cl2N3O8/c1-4-12-43-24-11-10-21(16-25(24)42-5-2)36-30(39)22(29(38)35-31(36)40)13-18-14-23(33)28(26(15-18)41-3)44-17-27(37)34-20-8-6-19(32)7-9-20/h6-11,13-16H,4-5,12,17H2,1-3H3,(H,34,37)(H,35,38,40)/b22-13+. The molecule has 11 nitrogen and oxygen atoms in total. The Balaban J connectivity index is 1.57. The zero-order chi connectivity index (χ0) is 31.8. The number of anilines is 2. The Bertz CT molecular complexity index is 1610. The van der Waals surface area contributed by atoms with E-state index in [0.29, 0.717) is 41.0 Å². The fourth-order valence-electron chi connectivity index (χ4n) is 4.13. The van der Waals surface area contributed by atoms with Gasteiger partial charge in [0, 0.05) is 16.8 Å². The number of hydrogen-bond donors (Lipinski definition) is 2. The van der Waals surface area contributed by atoms with Crippen molar-refractivity contribution in [3.8, 4) is 23.0 Å². The number of rotatable bonds is 12. The Morgan fingerprint density at radius 2 is 1.68 bits per heavy atom. The van der Waals surface area contributed by atoms with Crippen LogP contribution in [0, 0.1) is 0 Å². The quantitative estimate of drug-likeness (QED) is 0.185. The first kappa shape index (κ1) is 32.2. The van der Waals surface area contributed by atoms with Crippen molar-refractivity contribution in [1.82, 2.24) is 5.32 Å². The van der Waals surface area contributed by atoms with Gasteiger partial charge in [0.2, 0.25) is 0 Å². The smallest absolute Gasteiger partial charge is 0.335 e. The molecule has 5 amide bonds. The number of imide groups is 2. The Labute approximate surface area is 263 Å². The number of hydrogen-bond acceptors (Lipinski definition) is 8. The second kappa shape index (κ2) is 14.6. The number of carbonyl (C=O) groups is 4. The number of halogens is 2. The molecule has 13 heteroatoms. The van der Waals surface area contributed by atoms with E-state index < -0.39 is 23.8 Å². The van der Waals surface area contributed by atoms with E-state index in [0.717, 1.165) is 11.3 Å². The molecule has 1 aliphatic rings. The molecule has 44 heavy (non-hydrogen) atoms. The molecule has 0 atom stereocenters. The van der Waals surface area contributed by atoms with Crippen molar-refractivity contribution in [2.75, 3.05) is 37.1 Å². The molecule has 1 aliphatic heterocycles. The summed E-state index contributed by atoms with van der Waals surface area (Å²) in [6.07, 6.45) is 2.04. The molecule has 0 saturated carbocycles. The molecule has 1 heterocycles. The lowest BCUT2D eigenvalue weighted by Crippen LogP contribution is -2.54. The number of nitrogens with one attached hydrogen (secondary N) is 2. The third kappa shape index (κ3) is 7.61. The van der Waals surface area contributed by atoms with Crippen LogP contribution >= 0.6 is 23.2 Å². The average Bonchev–Trinajstić information content (AvgIpc) is 2.99. The molecule has 1 saturated heterocycles. The highest BCUT2D eigenvalue weighted by Crippen LogP contribution is 2.38. The molecule has 0 bridgehead atoms. The number of amides is 5. The number of barbiturate groups is 1. The van der Waals surface area contributed by atoms with Crippen molar-refractivity contribution in [1.29, 1.82) is 0 Å². The van der Waals surface area contributed by atoms with E-state index in [1.54, 1.807) is 37.3 Å². The second-order valence-corrected chi connectivity index (χ2v) is 10.1. The average molecular weight is 642 g/mol. The summed E-state index contributed by atoms with van der Waals surface area (Å²) in [5, 5.41) is 5.44. The maximum atomic E-state index is 13.5. The summed E-state index contributed by atoms with van der Waals surface area (Å²) in [6, 6.07) is 13.1. The minimum atomic E-state index is -0.918. The first-order chi connectivity index (χ1) is 21.1. The summed E-state index contributed by atoms with van der Waals surface area (Å²) in [7, 11) is 1.37. The molecular weight excluding hydrogens is 613 g/mol. The van der Waals surface area contributed by atoms with Crippen LogP contribution in [-0.2, 0) is 14.4 Å². The molecule has 3 aromatic rings. The summed E-state index contributed by atoms with van der Waals surface area (Å²) in [6.45, 7) is 4.15. The van der Waals surface area contributed by atoms with Crippen LogP contribution in [0.25, 0.3) is 6.08 Å². The largest absolute Gasteiger partial charge is 0.493 e. The lowest BCUT2D eigenvalue weighted by Gasteiger charge is -2.27. The normalized spacial score (nSPS) is 13.9. The van der Waals surface area contributed by atoms with Crippen LogP contribution in [0.4, 0.5) is 16.2 Å². The molecule has 0 aliphatic carbocycles. The predicted molar refractivity (Wildman–Crippen MR) is 166 cm³/mol. The van der Waals surface area contributed by atoms with Crippen molar-refractivity contribution in [3.05, 3.63) is 75.8 Å². The monoisotopic (exact) mass is 641 g/mol. The molecule has 230 valence electrons. The van der Waals surface area contributed by atoms with Gasteiger partial charge in [-0.15, -0.1) is 0 Å². The second-order valence-electron chi connectivity index (χ2n) is 9.25. The van der Waals surface area contributed by atoms with E-state index in [1.165, 1.54) is 37.5 Å². The van der Waals surface area contributed by atoms with Gasteiger partial charge in [-0.05, 0) is 73.5 Å². The summed E-state index contributed by atoms with van der Waals surface area (Å²) >= 11 is 12.3. The van der Waals surface area contributed by atoms with Gasteiger partial charge in [0.25, 0.3) is 17.7 Å². The first-order valence-electron chi connectivity index (χ1n) is 13.5. The molecule has 0 aromatic heterocycles. The van der Waals surface area contributed by atoms with Crippen LogP contribution < -0.4 is 34.5 Å². The number of urea groups is 1. The van der Waals surface area contributed by atoms with Gasteiger partial charge in [-0.2, -0.15) is 0 Å². The van der Waals surface area contributed by atoms with E-state index >= 15 is 0 Å². The van der Waals surface area contributed by atoms with Crippen LogP contribution in [0.3, 0.4) is 0 Å². The van der Waals surface area contributed by atoms with Gasteiger partial charge >= 0.3 is 6.03 Å². The third-order valence-corrected chi connectivity index (χ3v) is 6.62. The van der Waals surface area contributed by atoms with Crippen LogP contribution in [0.1, 0.15) is 25.8 Å². The van der Waals surface area contributed by atoms with Gasteiger partial charge < -0.3 is 24.3 Å². The lowest BCUT2D eigenvalue weighted by atomic mass is 10.1. The minimum Gasteiger partial charge on any atom is -0.493 e. The fourth-order valence-corrected chi connectivity index (χ4v) is 4.52. The van der Waals surface area contributed by atoms with Crippen molar-refractivity contribution < 1.29 is 38.1 Å². The summed E-state index contributed by atoms with van der Waals surface area (Å²) in [4.78, 5) is 52.2. The van der Waals surface area contributed by atoms with Crippen LogP contribution in [-0.4, -0.2) is 50.7 Å². The third-order valence-electron chi connectivity index (χ3n) is 6.09. The SMILES string of the molecule is CCCOc1ccc(N2C(=O)NC(=O)/C(=C\c3cc(Cl)c(OCC(=O)Nc4ccc(Cl)cc4)c(OC)c3)C2=O)cc1OCC. The maximum Gasteiger partial charge on any atom is 0.335 e. The topological polar surface area (TPSA) is 132 Å². The molecule has 0 spiro atoms. The van der Waals surface area contributed by atoms with Crippen LogP contribution in [0.2, 0.25) is 10.0 Å². The van der Waals surface area contributed by atoms with E-state index in [9.17, 15) is 19.2 Å². The molecular formula is C31H29Cl2N3O8. The molecule has 2 N–H and O–H groups in total. The number of methoxy groups -OCH3 is 1. The zero-order valence-corrected chi connectivity index (χ0v) is 25.6. The number of nitrogens with zero attached hydrogens (tertiary/aromatic N) is 1. The molecule has 1 fully saturated rings. The van der Waals surface area contributed by atoms with Gasteiger partial charge in [0.1, 0.15) is 5.57 Å². The predicted octanol–water partition coefficient (Wildman–Crippen LogP) is 5.87. The Morgan fingerprint density at radius 1 is 0.932 bits per heavy atom. The number of benzene rings is 3. The molecule has 3 aromatic carbocycles. The van der Waals surface area contributed by atoms with E-state index in [2.05, 4.69) is 10.6 Å². The van der Waals surface area contributed by atoms with Gasteiger partial charge in [-0.1, -0.05) is 30.1 Å². The fraction of sp³-hybridized carbons (Fsp3) is 0.226. The maximum absolute atomic E-state index is 13.5. The van der Waals surface area contributed by atoms with Gasteiger partial charge in [-0.25, -0.2) is 9.69 Å². The molecule has 4 rings (SSSR count). The van der Waals surface area contributed by atoms with E-state index in [-0.39, 0.29) is 34.4 Å². The Morgan fingerprint density at radius 3 is 2.36 bits per heavy atom. The number of ether oxygens (including phenoxy) is 4. The molecule has 0 radical (unpaired) electrons. The highest BCUT2D eigenvalue weighted by Gasteiger charge is 2.37. The minimum absolute atomic E-state index is 0.0520.